The molecule has 0 saturated carbocycles. The summed E-state index contributed by atoms with van der Waals surface area (Å²) in [6, 6.07) is -0.718. The summed E-state index contributed by atoms with van der Waals surface area (Å²) in [5.74, 6) is -0.476. The summed E-state index contributed by atoms with van der Waals surface area (Å²) in [5.41, 5.74) is 5.44. The smallest absolute Gasteiger partial charge is 0.320 e. The molecule has 0 aliphatic heterocycles. The first-order valence-corrected chi connectivity index (χ1v) is 3.99. The first kappa shape index (κ1) is 10.4. The molecule has 0 aromatic rings. The van der Waals surface area contributed by atoms with Crippen molar-refractivity contribution in [1.29, 1.82) is 0 Å². The molecular weight excluding hydrogens is 142 g/mol. The van der Waals surface area contributed by atoms with Gasteiger partial charge < -0.3 is 10.8 Å². The maximum Gasteiger partial charge on any atom is 0.320 e. The van der Waals surface area contributed by atoms with E-state index in [0.29, 0.717) is 5.92 Å². The molecule has 3 nitrogen and oxygen atoms in total. The van der Waals surface area contributed by atoms with Gasteiger partial charge >= 0.3 is 5.97 Å². The van der Waals surface area contributed by atoms with Crippen molar-refractivity contribution in [3.05, 3.63) is 0 Å². The van der Waals surface area contributed by atoms with Gasteiger partial charge in [0.05, 0.1) is 0 Å². The lowest BCUT2D eigenvalue weighted by Gasteiger charge is -2.21. The van der Waals surface area contributed by atoms with E-state index in [-0.39, 0.29) is 5.92 Å². The molecule has 0 amide bonds. The van der Waals surface area contributed by atoms with Crippen molar-refractivity contribution in [3.8, 4) is 0 Å². The van der Waals surface area contributed by atoms with Crippen LogP contribution in [0.4, 0.5) is 0 Å². The third-order valence-electron chi connectivity index (χ3n) is 2.39. The highest BCUT2D eigenvalue weighted by atomic mass is 16.4. The number of carboxylic acid groups (broad SMARTS) is 1. The normalized spacial score (nSPS) is 18.9. The molecule has 0 heterocycles. The van der Waals surface area contributed by atoms with Crippen LogP contribution in [0.15, 0.2) is 0 Å². The Kier molecular flexibility index (Phi) is 4.11. The van der Waals surface area contributed by atoms with Gasteiger partial charge in [0, 0.05) is 0 Å². The minimum atomic E-state index is -0.905. The molecular formula is C8H17NO2. The van der Waals surface area contributed by atoms with E-state index in [1.165, 1.54) is 0 Å². The fourth-order valence-electron chi connectivity index (χ4n) is 0.951. The molecule has 0 fully saturated rings. The van der Waals surface area contributed by atoms with Crippen LogP contribution in [0.5, 0.6) is 0 Å². The number of carboxylic acids is 1. The first-order chi connectivity index (χ1) is 5.00. The number of carbonyl (C=O) groups is 1. The lowest BCUT2D eigenvalue weighted by atomic mass is 9.88. The first-order valence-electron chi connectivity index (χ1n) is 3.99. The van der Waals surface area contributed by atoms with Crippen molar-refractivity contribution in [3.63, 3.8) is 0 Å². The van der Waals surface area contributed by atoms with Gasteiger partial charge in [0.25, 0.3) is 0 Å². The minimum Gasteiger partial charge on any atom is -0.480 e. The van der Waals surface area contributed by atoms with Gasteiger partial charge in [0.2, 0.25) is 0 Å². The van der Waals surface area contributed by atoms with Gasteiger partial charge in [-0.2, -0.15) is 0 Å². The second kappa shape index (κ2) is 4.34. The van der Waals surface area contributed by atoms with Crippen molar-refractivity contribution in [2.24, 2.45) is 17.6 Å². The van der Waals surface area contributed by atoms with Crippen molar-refractivity contribution in [1.82, 2.24) is 0 Å². The second-order valence-electron chi connectivity index (χ2n) is 3.11. The highest BCUT2D eigenvalue weighted by molar-refractivity contribution is 5.73. The van der Waals surface area contributed by atoms with E-state index >= 15 is 0 Å². The molecule has 0 saturated heterocycles. The van der Waals surface area contributed by atoms with Crippen LogP contribution in [0.3, 0.4) is 0 Å². The van der Waals surface area contributed by atoms with Crippen molar-refractivity contribution in [2.45, 2.75) is 33.2 Å². The van der Waals surface area contributed by atoms with Crippen LogP contribution in [0.25, 0.3) is 0 Å². The number of nitrogens with two attached hydrogens (primary N) is 1. The van der Waals surface area contributed by atoms with E-state index in [2.05, 4.69) is 0 Å². The van der Waals surface area contributed by atoms with Gasteiger partial charge in [-0.3, -0.25) is 4.79 Å². The Hall–Kier alpha value is -0.570. The van der Waals surface area contributed by atoms with Crippen LogP contribution in [0.2, 0.25) is 0 Å². The Balaban J connectivity index is 4.00. The molecule has 0 aliphatic carbocycles. The summed E-state index contributed by atoms with van der Waals surface area (Å²) in [7, 11) is 0. The third-order valence-corrected chi connectivity index (χ3v) is 2.39. The van der Waals surface area contributed by atoms with Crippen molar-refractivity contribution < 1.29 is 9.90 Å². The molecule has 0 radical (unpaired) electrons. The number of rotatable bonds is 4. The van der Waals surface area contributed by atoms with Gasteiger partial charge in [-0.25, -0.2) is 0 Å². The quantitative estimate of drug-likeness (QED) is 0.645. The van der Waals surface area contributed by atoms with E-state index in [9.17, 15) is 4.79 Å². The van der Waals surface area contributed by atoms with Gasteiger partial charge in [0.15, 0.2) is 0 Å². The summed E-state index contributed by atoms with van der Waals surface area (Å²) in [5, 5.41) is 8.57. The Morgan fingerprint density at radius 1 is 1.55 bits per heavy atom. The summed E-state index contributed by atoms with van der Waals surface area (Å²) >= 11 is 0. The van der Waals surface area contributed by atoms with E-state index in [0.717, 1.165) is 6.42 Å². The second-order valence-corrected chi connectivity index (χ2v) is 3.11. The molecule has 0 aromatic carbocycles. The van der Waals surface area contributed by atoms with E-state index in [1.807, 2.05) is 20.8 Å². The Labute approximate surface area is 67.6 Å². The van der Waals surface area contributed by atoms with Crippen LogP contribution in [-0.2, 0) is 4.79 Å². The molecule has 0 unspecified atom stereocenters. The van der Waals surface area contributed by atoms with Crippen molar-refractivity contribution >= 4 is 5.97 Å². The zero-order valence-electron chi connectivity index (χ0n) is 7.37. The fourth-order valence-corrected chi connectivity index (χ4v) is 0.951. The summed E-state index contributed by atoms with van der Waals surface area (Å²) in [6.07, 6.45) is 0.974. The molecule has 11 heavy (non-hydrogen) atoms. The standard InChI is InChI=1S/C8H17NO2/c1-4-5(2)6(3)7(9)8(10)11/h5-7H,4,9H2,1-3H3,(H,10,11)/t5-,6+,7+/m1/s1. The van der Waals surface area contributed by atoms with Crippen LogP contribution in [0.1, 0.15) is 27.2 Å². The minimum absolute atomic E-state index is 0.0532. The molecule has 0 rings (SSSR count). The Morgan fingerprint density at radius 2 is 2.00 bits per heavy atom. The van der Waals surface area contributed by atoms with Gasteiger partial charge in [-0.05, 0) is 11.8 Å². The molecule has 0 aromatic heterocycles. The largest absolute Gasteiger partial charge is 0.480 e. The zero-order valence-corrected chi connectivity index (χ0v) is 7.37. The SMILES string of the molecule is CC[C@@H](C)[C@H](C)[C@H](N)C(=O)O. The molecule has 0 aliphatic rings. The van der Waals surface area contributed by atoms with Gasteiger partial charge in [-0.1, -0.05) is 27.2 Å². The number of hydrogen-bond acceptors (Lipinski definition) is 2. The summed E-state index contributed by atoms with van der Waals surface area (Å²) < 4.78 is 0. The maximum absolute atomic E-state index is 10.4. The molecule has 66 valence electrons. The predicted octanol–water partition coefficient (Wildman–Crippen LogP) is 1.08. The topological polar surface area (TPSA) is 63.3 Å². The average molecular weight is 159 g/mol. The molecule has 3 N–H and O–H groups in total. The highest BCUT2D eigenvalue weighted by Crippen LogP contribution is 2.16. The molecule has 3 heteroatoms. The predicted molar refractivity (Wildman–Crippen MR) is 44.2 cm³/mol. The lowest BCUT2D eigenvalue weighted by molar-refractivity contribution is -0.140. The monoisotopic (exact) mass is 159 g/mol. The lowest BCUT2D eigenvalue weighted by Crippen LogP contribution is -2.39. The van der Waals surface area contributed by atoms with Crippen LogP contribution in [-0.4, -0.2) is 17.1 Å². The van der Waals surface area contributed by atoms with E-state index < -0.39 is 12.0 Å². The fraction of sp³-hybridized carbons (Fsp3) is 0.875. The van der Waals surface area contributed by atoms with Gasteiger partial charge in [-0.15, -0.1) is 0 Å². The van der Waals surface area contributed by atoms with Crippen molar-refractivity contribution in [2.75, 3.05) is 0 Å². The number of hydrogen-bond donors (Lipinski definition) is 2. The number of aliphatic carboxylic acids is 1. The zero-order chi connectivity index (χ0) is 9.02. The van der Waals surface area contributed by atoms with E-state index in [4.69, 9.17) is 10.8 Å². The Bertz CT molecular complexity index is 136. The summed E-state index contributed by atoms with van der Waals surface area (Å²) in [4.78, 5) is 10.4. The maximum atomic E-state index is 10.4. The van der Waals surface area contributed by atoms with Crippen LogP contribution >= 0.6 is 0 Å². The molecule has 0 bridgehead atoms. The van der Waals surface area contributed by atoms with Crippen LogP contribution in [0, 0.1) is 11.8 Å². The summed E-state index contributed by atoms with van der Waals surface area (Å²) in [6.45, 7) is 5.94. The van der Waals surface area contributed by atoms with Gasteiger partial charge in [0.1, 0.15) is 6.04 Å². The third kappa shape index (κ3) is 2.89. The molecule has 0 spiro atoms. The van der Waals surface area contributed by atoms with E-state index in [1.54, 1.807) is 0 Å². The molecule has 3 atom stereocenters. The van der Waals surface area contributed by atoms with Crippen LogP contribution < -0.4 is 5.73 Å². The Morgan fingerprint density at radius 3 is 2.27 bits per heavy atom. The highest BCUT2D eigenvalue weighted by Gasteiger charge is 2.23. The average Bonchev–Trinajstić information content (AvgIpc) is 2.00.